The first-order valence-corrected chi connectivity index (χ1v) is 6.58. The van der Waals surface area contributed by atoms with E-state index in [0.29, 0.717) is 5.01 Å². The first-order valence-electron chi connectivity index (χ1n) is 5.76. The van der Waals surface area contributed by atoms with Gasteiger partial charge in [-0.05, 0) is 19.1 Å². The largest absolute Gasteiger partial charge is 0.481 e. The zero-order valence-corrected chi connectivity index (χ0v) is 11.7. The molecule has 2 aromatic heterocycles. The number of ether oxygens (including phenoxy) is 1. The van der Waals surface area contributed by atoms with E-state index in [1.54, 1.807) is 24.5 Å². The Labute approximate surface area is 119 Å². The van der Waals surface area contributed by atoms with Gasteiger partial charge in [0.15, 0.2) is 0 Å². The summed E-state index contributed by atoms with van der Waals surface area (Å²) in [5, 5.41) is 9.64. The van der Waals surface area contributed by atoms with E-state index in [-0.39, 0.29) is 10.6 Å². The standard InChI is InChI=1S/C13H12N2O4S/c1-7(12(16)17)9-10(13(18)19-2)20-11(15-9)8-4-3-5-14-6-8/h3-7H,1-2H3,(H,16,17). The fourth-order valence-corrected chi connectivity index (χ4v) is 2.66. The minimum absolute atomic E-state index is 0.209. The molecule has 0 aromatic carbocycles. The van der Waals surface area contributed by atoms with E-state index in [9.17, 15) is 9.59 Å². The number of carbonyl (C=O) groups is 2. The van der Waals surface area contributed by atoms with E-state index >= 15 is 0 Å². The lowest BCUT2D eigenvalue weighted by molar-refractivity contribution is -0.138. The third kappa shape index (κ3) is 2.67. The van der Waals surface area contributed by atoms with Gasteiger partial charge in [-0.3, -0.25) is 9.78 Å². The number of thiazole rings is 1. The number of nitrogens with zero attached hydrogens (tertiary/aromatic N) is 2. The zero-order chi connectivity index (χ0) is 14.7. The molecular weight excluding hydrogens is 280 g/mol. The van der Waals surface area contributed by atoms with Crippen molar-refractivity contribution in [3.05, 3.63) is 35.1 Å². The van der Waals surface area contributed by atoms with Crippen LogP contribution < -0.4 is 0 Å². The van der Waals surface area contributed by atoms with Gasteiger partial charge in [0.25, 0.3) is 0 Å². The number of aliphatic carboxylic acids is 1. The molecule has 0 amide bonds. The predicted molar refractivity (Wildman–Crippen MR) is 72.7 cm³/mol. The minimum atomic E-state index is -1.04. The number of carboxylic acids is 1. The summed E-state index contributed by atoms with van der Waals surface area (Å²) < 4.78 is 4.68. The molecule has 6 nitrogen and oxygen atoms in total. The molecule has 1 N–H and O–H groups in total. The summed E-state index contributed by atoms with van der Waals surface area (Å²) in [6, 6.07) is 3.54. The molecule has 0 radical (unpaired) electrons. The summed E-state index contributed by atoms with van der Waals surface area (Å²) in [6.07, 6.45) is 3.23. The highest BCUT2D eigenvalue weighted by atomic mass is 32.1. The smallest absolute Gasteiger partial charge is 0.350 e. The van der Waals surface area contributed by atoms with Crippen molar-refractivity contribution < 1.29 is 19.4 Å². The van der Waals surface area contributed by atoms with Gasteiger partial charge >= 0.3 is 11.9 Å². The fourth-order valence-electron chi connectivity index (χ4n) is 1.59. The van der Waals surface area contributed by atoms with E-state index in [0.717, 1.165) is 16.9 Å². The summed E-state index contributed by atoms with van der Waals surface area (Å²) in [5.74, 6) is -2.51. The van der Waals surface area contributed by atoms with Crippen LogP contribution in [0.3, 0.4) is 0 Å². The van der Waals surface area contributed by atoms with Crippen molar-refractivity contribution in [2.75, 3.05) is 7.11 Å². The molecule has 2 rings (SSSR count). The average molecular weight is 292 g/mol. The maximum atomic E-state index is 11.7. The second kappa shape index (κ2) is 5.79. The SMILES string of the molecule is COC(=O)c1sc(-c2cccnc2)nc1C(C)C(=O)O. The molecule has 0 aliphatic carbocycles. The van der Waals surface area contributed by atoms with Crippen LogP contribution in [0.5, 0.6) is 0 Å². The Morgan fingerprint density at radius 3 is 2.75 bits per heavy atom. The van der Waals surface area contributed by atoms with Crippen LogP contribution in [0, 0.1) is 0 Å². The summed E-state index contributed by atoms with van der Waals surface area (Å²) in [7, 11) is 1.25. The number of methoxy groups -OCH3 is 1. The lowest BCUT2D eigenvalue weighted by atomic mass is 10.1. The summed E-state index contributed by atoms with van der Waals surface area (Å²) in [5.41, 5.74) is 0.944. The van der Waals surface area contributed by atoms with Gasteiger partial charge in [0.2, 0.25) is 0 Å². The summed E-state index contributed by atoms with van der Waals surface area (Å²) in [4.78, 5) is 31.3. The Bertz CT molecular complexity index is 639. The number of esters is 1. The van der Waals surface area contributed by atoms with E-state index in [1.807, 2.05) is 0 Å². The third-order valence-electron chi connectivity index (χ3n) is 2.71. The molecule has 1 atom stereocenters. The maximum absolute atomic E-state index is 11.7. The van der Waals surface area contributed by atoms with Gasteiger partial charge in [-0.2, -0.15) is 0 Å². The van der Waals surface area contributed by atoms with Crippen LogP contribution >= 0.6 is 11.3 Å². The topological polar surface area (TPSA) is 89.4 Å². The van der Waals surface area contributed by atoms with Crippen molar-refractivity contribution in [1.82, 2.24) is 9.97 Å². The number of hydrogen-bond donors (Lipinski definition) is 1. The highest BCUT2D eigenvalue weighted by Crippen LogP contribution is 2.32. The number of carbonyl (C=O) groups excluding carboxylic acids is 1. The molecule has 2 aromatic rings. The van der Waals surface area contributed by atoms with Crippen LogP contribution in [-0.2, 0) is 9.53 Å². The Morgan fingerprint density at radius 1 is 1.45 bits per heavy atom. The normalized spacial score (nSPS) is 11.9. The molecule has 0 saturated heterocycles. The van der Waals surface area contributed by atoms with Crippen molar-refractivity contribution >= 4 is 23.3 Å². The van der Waals surface area contributed by atoms with Crippen molar-refractivity contribution in [3.63, 3.8) is 0 Å². The Balaban J connectivity index is 2.53. The number of hydrogen-bond acceptors (Lipinski definition) is 6. The lowest BCUT2D eigenvalue weighted by Crippen LogP contribution is -2.12. The molecule has 0 spiro atoms. The van der Waals surface area contributed by atoms with E-state index < -0.39 is 17.9 Å². The second-order valence-corrected chi connectivity index (χ2v) is 5.03. The van der Waals surface area contributed by atoms with Crippen molar-refractivity contribution in [2.45, 2.75) is 12.8 Å². The third-order valence-corrected chi connectivity index (χ3v) is 3.81. The van der Waals surface area contributed by atoms with Crippen molar-refractivity contribution in [3.8, 4) is 10.6 Å². The highest BCUT2D eigenvalue weighted by Gasteiger charge is 2.27. The molecule has 0 bridgehead atoms. The van der Waals surface area contributed by atoms with Crippen LogP contribution in [0.2, 0.25) is 0 Å². The molecule has 2 heterocycles. The quantitative estimate of drug-likeness (QED) is 0.869. The number of rotatable bonds is 4. The lowest BCUT2D eigenvalue weighted by Gasteiger charge is -2.04. The summed E-state index contributed by atoms with van der Waals surface area (Å²) >= 11 is 1.10. The van der Waals surface area contributed by atoms with Gasteiger partial charge in [0, 0.05) is 18.0 Å². The first kappa shape index (κ1) is 14.1. The fraction of sp³-hybridized carbons (Fsp3) is 0.231. The number of aromatic nitrogens is 2. The van der Waals surface area contributed by atoms with Crippen LogP contribution in [0.4, 0.5) is 0 Å². The van der Waals surface area contributed by atoms with Gasteiger partial charge in [-0.25, -0.2) is 9.78 Å². The average Bonchev–Trinajstić information content (AvgIpc) is 2.91. The molecule has 1 unspecified atom stereocenters. The molecule has 7 heteroatoms. The van der Waals surface area contributed by atoms with Crippen molar-refractivity contribution in [1.29, 1.82) is 0 Å². The maximum Gasteiger partial charge on any atom is 0.350 e. The Morgan fingerprint density at radius 2 is 2.20 bits per heavy atom. The Kier molecular flexibility index (Phi) is 4.09. The van der Waals surface area contributed by atoms with Crippen LogP contribution in [0.15, 0.2) is 24.5 Å². The van der Waals surface area contributed by atoms with Crippen molar-refractivity contribution in [2.24, 2.45) is 0 Å². The van der Waals surface area contributed by atoms with Crippen LogP contribution in [0.25, 0.3) is 10.6 Å². The highest BCUT2D eigenvalue weighted by molar-refractivity contribution is 7.17. The monoisotopic (exact) mass is 292 g/mol. The molecule has 0 saturated carbocycles. The molecule has 0 aliphatic heterocycles. The first-order chi connectivity index (χ1) is 9.54. The van der Waals surface area contributed by atoms with Gasteiger partial charge in [0.05, 0.1) is 18.7 Å². The van der Waals surface area contributed by atoms with E-state index in [2.05, 4.69) is 14.7 Å². The molecular formula is C13H12N2O4S. The van der Waals surface area contributed by atoms with Gasteiger partial charge < -0.3 is 9.84 Å². The van der Waals surface area contributed by atoms with Crippen LogP contribution in [0.1, 0.15) is 28.2 Å². The summed E-state index contributed by atoms with van der Waals surface area (Å²) in [6.45, 7) is 1.48. The zero-order valence-electron chi connectivity index (χ0n) is 10.9. The second-order valence-electron chi connectivity index (χ2n) is 4.03. The Hall–Kier alpha value is -2.28. The van der Waals surface area contributed by atoms with Gasteiger partial charge in [-0.1, -0.05) is 0 Å². The predicted octanol–water partition coefficient (Wildman–Crippen LogP) is 2.18. The van der Waals surface area contributed by atoms with Crippen LogP contribution in [-0.4, -0.2) is 34.1 Å². The number of pyridine rings is 1. The van der Waals surface area contributed by atoms with E-state index in [4.69, 9.17) is 5.11 Å². The van der Waals surface area contributed by atoms with Gasteiger partial charge in [0.1, 0.15) is 9.88 Å². The molecule has 20 heavy (non-hydrogen) atoms. The van der Waals surface area contributed by atoms with E-state index in [1.165, 1.54) is 14.0 Å². The minimum Gasteiger partial charge on any atom is -0.481 e. The van der Waals surface area contributed by atoms with Gasteiger partial charge in [-0.15, -0.1) is 11.3 Å². The molecule has 0 aliphatic rings. The molecule has 0 fully saturated rings. The molecule has 104 valence electrons. The number of carboxylic acid groups (broad SMARTS) is 1.